The van der Waals surface area contributed by atoms with Crippen LogP contribution in [-0.2, 0) is 38.5 Å². The van der Waals surface area contributed by atoms with E-state index in [-0.39, 0.29) is 13.2 Å². The number of rotatable bonds is 14. The summed E-state index contributed by atoms with van der Waals surface area (Å²) in [7, 11) is 0. The lowest BCUT2D eigenvalue weighted by Crippen LogP contribution is -2.13. The van der Waals surface area contributed by atoms with Crippen molar-refractivity contribution in [2.75, 3.05) is 13.2 Å². The van der Waals surface area contributed by atoms with E-state index in [0.717, 1.165) is 76.1 Å². The van der Waals surface area contributed by atoms with Crippen molar-refractivity contribution in [3.63, 3.8) is 0 Å². The number of nitrogens with two attached hydrogens (primary N) is 1. The predicted molar refractivity (Wildman–Crippen MR) is 141 cm³/mol. The zero-order valence-corrected chi connectivity index (χ0v) is 21.9. The minimum atomic E-state index is -0.444. The standard InChI is InChI=1S/C28H40N4O4/c1-5-18-19(6-2)27(28(29)36)32-23(18)14-25-20(9-7-11-33)16(3)22(30-25)13-24-21(10-8-12-34)17(4)26(15-35)31-24/h15,30-34H,5-14H2,1-4H3,(H2,29,36). The summed E-state index contributed by atoms with van der Waals surface area (Å²) in [5.41, 5.74) is 17.2. The maximum Gasteiger partial charge on any atom is 0.265 e. The maximum atomic E-state index is 12.1. The predicted octanol–water partition coefficient (Wildman–Crippen LogP) is 3.36. The van der Waals surface area contributed by atoms with Crippen LogP contribution in [0.5, 0.6) is 0 Å². The van der Waals surface area contributed by atoms with Gasteiger partial charge in [0.2, 0.25) is 0 Å². The van der Waals surface area contributed by atoms with Crippen LogP contribution in [0.15, 0.2) is 0 Å². The Morgan fingerprint density at radius 3 is 1.83 bits per heavy atom. The van der Waals surface area contributed by atoms with Crippen molar-refractivity contribution < 1.29 is 19.8 Å². The molecule has 3 heterocycles. The Morgan fingerprint density at radius 1 is 0.778 bits per heavy atom. The number of H-pyrrole nitrogens is 3. The number of hydrogen-bond acceptors (Lipinski definition) is 4. The van der Waals surface area contributed by atoms with Crippen molar-refractivity contribution in [2.24, 2.45) is 5.73 Å². The van der Waals surface area contributed by atoms with Crippen LogP contribution in [0.25, 0.3) is 0 Å². The minimum absolute atomic E-state index is 0.0976. The molecular weight excluding hydrogens is 456 g/mol. The number of primary amides is 1. The van der Waals surface area contributed by atoms with Crippen LogP contribution in [0, 0.1) is 13.8 Å². The number of aliphatic hydroxyl groups excluding tert-OH is 2. The molecule has 0 spiro atoms. The normalized spacial score (nSPS) is 11.4. The molecule has 7 N–H and O–H groups in total. The Balaban J connectivity index is 2.04. The number of aldehydes is 1. The summed E-state index contributed by atoms with van der Waals surface area (Å²) in [6.07, 6.45) is 6.30. The molecule has 8 heteroatoms. The van der Waals surface area contributed by atoms with Gasteiger partial charge in [-0.1, -0.05) is 13.8 Å². The molecule has 0 aliphatic heterocycles. The van der Waals surface area contributed by atoms with E-state index in [1.165, 1.54) is 5.56 Å². The Kier molecular flexibility index (Phi) is 9.34. The van der Waals surface area contributed by atoms with Crippen LogP contribution < -0.4 is 5.73 Å². The highest BCUT2D eigenvalue weighted by Gasteiger charge is 2.22. The van der Waals surface area contributed by atoms with Crippen molar-refractivity contribution in [3.05, 3.63) is 67.5 Å². The molecule has 0 atom stereocenters. The second-order valence-corrected chi connectivity index (χ2v) is 9.44. The Bertz CT molecular complexity index is 1220. The van der Waals surface area contributed by atoms with Gasteiger partial charge >= 0.3 is 0 Å². The van der Waals surface area contributed by atoms with Gasteiger partial charge in [-0.2, -0.15) is 0 Å². The molecule has 0 radical (unpaired) electrons. The quantitative estimate of drug-likeness (QED) is 0.190. The van der Waals surface area contributed by atoms with Crippen LogP contribution >= 0.6 is 0 Å². The van der Waals surface area contributed by atoms with E-state index in [1.54, 1.807) is 0 Å². The topological polar surface area (TPSA) is 148 Å². The van der Waals surface area contributed by atoms with E-state index < -0.39 is 5.91 Å². The van der Waals surface area contributed by atoms with Crippen molar-refractivity contribution >= 4 is 12.2 Å². The lowest BCUT2D eigenvalue weighted by atomic mass is 9.97. The molecule has 3 aromatic rings. The molecule has 0 fully saturated rings. The molecule has 0 aromatic carbocycles. The average Bonchev–Trinajstić information content (AvgIpc) is 3.47. The molecule has 0 saturated heterocycles. The number of carbonyl (C=O) groups is 2. The highest BCUT2D eigenvalue weighted by molar-refractivity contribution is 5.93. The highest BCUT2D eigenvalue weighted by Crippen LogP contribution is 2.29. The van der Waals surface area contributed by atoms with E-state index in [1.807, 2.05) is 13.8 Å². The molecule has 0 saturated carbocycles. The highest BCUT2D eigenvalue weighted by atomic mass is 16.3. The van der Waals surface area contributed by atoms with Crippen LogP contribution in [0.2, 0.25) is 0 Å². The van der Waals surface area contributed by atoms with Crippen molar-refractivity contribution in [2.45, 2.75) is 79.1 Å². The van der Waals surface area contributed by atoms with Gasteiger partial charge in [0.1, 0.15) is 5.69 Å². The fourth-order valence-corrected chi connectivity index (χ4v) is 5.43. The molecule has 8 nitrogen and oxygen atoms in total. The molecule has 0 unspecified atom stereocenters. The maximum absolute atomic E-state index is 12.1. The molecule has 1 amide bonds. The van der Waals surface area contributed by atoms with Crippen molar-refractivity contribution in [1.29, 1.82) is 0 Å². The summed E-state index contributed by atoms with van der Waals surface area (Å²) in [4.78, 5) is 33.9. The van der Waals surface area contributed by atoms with E-state index in [2.05, 4.69) is 28.8 Å². The smallest absolute Gasteiger partial charge is 0.265 e. The number of aliphatic hydroxyl groups is 2. The van der Waals surface area contributed by atoms with E-state index in [4.69, 9.17) is 5.73 Å². The fraction of sp³-hybridized carbons (Fsp3) is 0.500. The third kappa shape index (κ3) is 5.50. The Hall–Kier alpha value is -3.10. The summed E-state index contributed by atoms with van der Waals surface area (Å²) in [5, 5.41) is 18.9. The first-order valence-electron chi connectivity index (χ1n) is 12.9. The molecule has 0 aliphatic carbocycles. The second-order valence-electron chi connectivity index (χ2n) is 9.44. The lowest BCUT2D eigenvalue weighted by Gasteiger charge is -2.07. The number of aromatic nitrogens is 3. The molecule has 0 aliphatic rings. The van der Waals surface area contributed by atoms with Gasteiger partial charge in [0.15, 0.2) is 6.29 Å². The third-order valence-corrected chi connectivity index (χ3v) is 7.33. The van der Waals surface area contributed by atoms with Crippen molar-refractivity contribution in [1.82, 2.24) is 15.0 Å². The summed E-state index contributed by atoms with van der Waals surface area (Å²) in [5.74, 6) is -0.444. The second kappa shape index (κ2) is 12.2. The van der Waals surface area contributed by atoms with Crippen LogP contribution in [-0.4, -0.2) is 50.6 Å². The zero-order valence-electron chi connectivity index (χ0n) is 21.9. The van der Waals surface area contributed by atoms with Gasteiger partial charge in [-0.15, -0.1) is 0 Å². The Morgan fingerprint density at radius 2 is 1.31 bits per heavy atom. The first-order chi connectivity index (χ1) is 17.3. The number of aromatic amines is 3. The molecule has 36 heavy (non-hydrogen) atoms. The molecular formula is C28H40N4O4. The average molecular weight is 497 g/mol. The molecule has 0 bridgehead atoms. The number of hydrogen-bond donors (Lipinski definition) is 6. The monoisotopic (exact) mass is 496 g/mol. The van der Waals surface area contributed by atoms with Gasteiger partial charge in [-0.25, -0.2) is 0 Å². The molecule has 3 aromatic heterocycles. The van der Waals surface area contributed by atoms with E-state index >= 15 is 0 Å². The fourth-order valence-electron chi connectivity index (χ4n) is 5.43. The summed E-state index contributed by atoms with van der Waals surface area (Å²) in [6.45, 7) is 8.35. The number of carbonyl (C=O) groups excluding carboxylic acids is 2. The van der Waals surface area contributed by atoms with E-state index in [9.17, 15) is 19.8 Å². The SMILES string of the molecule is CCc1c(Cc2[nH]c(Cc3[nH]c(C=O)c(C)c3CCCO)c(C)c2CCCO)[nH]c(C(N)=O)c1CC. The Labute approximate surface area is 212 Å². The summed E-state index contributed by atoms with van der Waals surface area (Å²) < 4.78 is 0. The molecule has 196 valence electrons. The molecule has 3 rings (SSSR count). The third-order valence-electron chi connectivity index (χ3n) is 7.33. The minimum Gasteiger partial charge on any atom is -0.396 e. The van der Waals surface area contributed by atoms with E-state index in [0.29, 0.717) is 43.5 Å². The van der Waals surface area contributed by atoms with Crippen LogP contribution in [0.1, 0.15) is 104 Å². The van der Waals surface area contributed by atoms with Gasteiger partial charge in [0.05, 0.1) is 5.69 Å². The lowest BCUT2D eigenvalue weighted by molar-refractivity contribution is 0.0994. The summed E-state index contributed by atoms with van der Waals surface area (Å²) >= 11 is 0. The van der Waals surface area contributed by atoms with Gasteiger partial charge in [-0.05, 0) is 85.8 Å². The number of amides is 1. The first-order valence-corrected chi connectivity index (χ1v) is 12.9. The van der Waals surface area contributed by atoms with Gasteiger partial charge < -0.3 is 30.9 Å². The first kappa shape index (κ1) is 27.5. The van der Waals surface area contributed by atoms with Gasteiger partial charge in [0.25, 0.3) is 5.91 Å². The summed E-state index contributed by atoms with van der Waals surface area (Å²) in [6, 6.07) is 0. The van der Waals surface area contributed by atoms with Gasteiger partial charge in [-0.3, -0.25) is 9.59 Å². The van der Waals surface area contributed by atoms with Crippen molar-refractivity contribution in [3.8, 4) is 0 Å². The van der Waals surface area contributed by atoms with Gasteiger partial charge in [0, 0.05) is 48.8 Å². The van der Waals surface area contributed by atoms with Crippen LogP contribution in [0.4, 0.5) is 0 Å². The zero-order chi connectivity index (χ0) is 26.4. The number of nitrogens with one attached hydrogen (secondary N) is 3. The largest absolute Gasteiger partial charge is 0.396 e. The van der Waals surface area contributed by atoms with Crippen LogP contribution in [0.3, 0.4) is 0 Å².